The Morgan fingerprint density at radius 1 is 1.38 bits per heavy atom. The maximum absolute atomic E-state index is 5.62. The number of aromatic nitrogens is 5. The summed E-state index contributed by atoms with van der Waals surface area (Å²) in [4.78, 5) is 15.3. The molecule has 1 N–H and O–H groups in total. The van der Waals surface area contributed by atoms with Gasteiger partial charge >= 0.3 is 0 Å². The average Bonchev–Trinajstić information content (AvgIpc) is 3.17. The van der Waals surface area contributed by atoms with Crippen molar-refractivity contribution < 1.29 is 4.74 Å². The summed E-state index contributed by atoms with van der Waals surface area (Å²) in [6.45, 7) is 2.84. The molecule has 1 aliphatic heterocycles. The lowest BCUT2D eigenvalue weighted by Crippen LogP contribution is -2.38. The zero-order chi connectivity index (χ0) is 14.8. The number of hydrogen-bond donors (Lipinski definition) is 1. The summed E-state index contributed by atoms with van der Waals surface area (Å²) < 4.78 is 7.24. The summed E-state index contributed by atoms with van der Waals surface area (Å²) in [7, 11) is 3.77. The fourth-order valence-electron chi connectivity index (χ4n) is 2.49. The summed E-state index contributed by atoms with van der Waals surface area (Å²) >= 11 is 0. The number of nitrogens with zero attached hydrogens (tertiary/aromatic N) is 6. The maximum atomic E-state index is 5.62. The van der Waals surface area contributed by atoms with Gasteiger partial charge in [0.15, 0.2) is 0 Å². The second-order valence-corrected chi connectivity index (χ2v) is 5.00. The van der Waals surface area contributed by atoms with Crippen LogP contribution in [0.3, 0.4) is 0 Å². The largest absolute Gasteiger partial charge is 0.376 e. The molecular weight excluding hydrogens is 270 g/mol. The highest BCUT2D eigenvalue weighted by molar-refractivity contribution is 5.40. The van der Waals surface area contributed by atoms with Crippen molar-refractivity contribution in [2.75, 3.05) is 30.9 Å². The molecular formula is C13H19N7O. The molecule has 1 aliphatic rings. The molecule has 0 saturated carbocycles. The van der Waals surface area contributed by atoms with Crippen LogP contribution in [0, 0.1) is 0 Å². The first-order valence-corrected chi connectivity index (χ1v) is 6.97. The lowest BCUT2D eigenvalue weighted by Gasteiger charge is -2.26. The molecule has 3 rings (SSSR count). The minimum Gasteiger partial charge on any atom is -0.376 e. The lowest BCUT2D eigenvalue weighted by atomic mass is 10.1. The van der Waals surface area contributed by atoms with E-state index in [4.69, 9.17) is 4.74 Å². The van der Waals surface area contributed by atoms with Crippen LogP contribution in [0.2, 0.25) is 0 Å². The van der Waals surface area contributed by atoms with Gasteiger partial charge in [0.2, 0.25) is 11.9 Å². The third-order valence-electron chi connectivity index (χ3n) is 3.69. The van der Waals surface area contributed by atoms with Crippen molar-refractivity contribution in [3.63, 3.8) is 0 Å². The van der Waals surface area contributed by atoms with Gasteiger partial charge in [0.05, 0.1) is 12.1 Å². The van der Waals surface area contributed by atoms with Gasteiger partial charge in [0, 0.05) is 33.1 Å². The molecule has 1 fully saturated rings. The van der Waals surface area contributed by atoms with E-state index in [0.29, 0.717) is 17.8 Å². The first-order valence-electron chi connectivity index (χ1n) is 6.97. The SMILES string of the molecule is CNc1nc(N(C)C2CCOC2C)nc(-n2cccn2)n1. The number of anilines is 2. The zero-order valence-electron chi connectivity index (χ0n) is 12.4. The Bertz CT molecular complexity index is 601. The normalized spacial score (nSPS) is 21.5. The van der Waals surface area contributed by atoms with Gasteiger partial charge in [-0.1, -0.05) is 0 Å². The highest BCUT2D eigenvalue weighted by atomic mass is 16.5. The molecule has 0 aromatic carbocycles. The van der Waals surface area contributed by atoms with Gasteiger partial charge in [-0.05, 0) is 19.4 Å². The molecule has 0 spiro atoms. The topological polar surface area (TPSA) is 81.0 Å². The van der Waals surface area contributed by atoms with E-state index < -0.39 is 0 Å². The Morgan fingerprint density at radius 2 is 2.24 bits per heavy atom. The molecule has 0 bridgehead atoms. The van der Waals surface area contributed by atoms with Crippen molar-refractivity contribution in [2.24, 2.45) is 0 Å². The molecule has 8 heteroatoms. The van der Waals surface area contributed by atoms with Gasteiger partial charge in [0.25, 0.3) is 5.95 Å². The minimum absolute atomic E-state index is 0.165. The van der Waals surface area contributed by atoms with E-state index >= 15 is 0 Å². The van der Waals surface area contributed by atoms with Crippen LogP contribution < -0.4 is 10.2 Å². The Kier molecular flexibility index (Phi) is 3.70. The zero-order valence-corrected chi connectivity index (χ0v) is 12.4. The van der Waals surface area contributed by atoms with Crippen LogP contribution in [-0.4, -0.2) is 57.6 Å². The summed E-state index contributed by atoms with van der Waals surface area (Å²) in [5, 5.41) is 7.13. The smallest absolute Gasteiger partial charge is 0.257 e. The van der Waals surface area contributed by atoms with Gasteiger partial charge in [0.1, 0.15) is 0 Å². The number of nitrogens with one attached hydrogen (secondary N) is 1. The summed E-state index contributed by atoms with van der Waals surface area (Å²) in [6.07, 6.45) is 4.63. The van der Waals surface area contributed by atoms with E-state index in [0.717, 1.165) is 13.0 Å². The molecule has 112 valence electrons. The van der Waals surface area contributed by atoms with Crippen molar-refractivity contribution in [3.8, 4) is 5.95 Å². The van der Waals surface area contributed by atoms with Gasteiger partial charge in [-0.25, -0.2) is 4.68 Å². The molecule has 3 heterocycles. The van der Waals surface area contributed by atoms with Crippen molar-refractivity contribution >= 4 is 11.9 Å². The number of rotatable bonds is 4. The summed E-state index contributed by atoms with van der Waals surface area (Å²) in [6, 6.07) is 2.10. The first-order chi connectivity index (χ1) is 10.2. The van der Waals surface area contributed by atoms with Gasteiger partial charge < -0.3 is 15.0 Å². The van der Waals surface area contributed by atoms with E-state index in [1.165, 1.54) is 0 Å². The van der Waals surface area contributed by atoms with Crippen LogP contribution in [0.15, 0.2) is 18.5 Å². The van der Waals surface area contributed by atoms with Crippen molar-refractivity contribution in [2.45, 2.75) is 25.5 Å². The van der Waals surface area contributed by atoms with Gasteiger partial charge in [-0.15, -0.1) is 0 Å². The Morgan fingerprint density at radius 3 is 2.86 bits per heavy atom. The van der Waals surface area contributed by atoms with Crippen LogP contribution in [0.1, 0.15) is 13.3 Å². The lowest BCUT2D eigenvalue weighted by molar-refractivity contribution is 0.118. The van der Waals surface area contributed by atoms with Crippen molar-refractivity contribution in [1.82, 2.24) is 24.7 Å². The molecule has 21 heavy (non-hydrogen) atoms. The molecule has 2 aromatic rings. The third kappa shape index (κ3) is 2.66. The minimum atomic E-state index is 0.165. The predicted molar refractivity (Wildman–Crippen MR) is 78.7 cm³/mol. The number of hydrogen-bond acceptors (Lipinski definition) is 7. The standard InChI is InChI=1S/C13H19N7O/c1-9-10(5-8-21-9)19(3)12-16-11(14-2)17-13(18-12)20-7-4-6-15-20/h4,6-7,9-10H,5,8H2,1-3H3,(H,14,16,17,18). The highest BCUT2D eigenvalue weighted by Crippen LogP contribution is 2.22. The highest BCUT2D eigenvalue weighted by Gasteiger charge is 2.29. The van der Waals surface area contributed by atoms with E-state index in [1.54, 1.807) is 24.1 Å². The first kappa shape index (κ1) is 13.7. The van der Waals surface area contributed by atoms with Crippen molar-refractivity contribution in [1.29, 1.82) is 0 Å². The van der Waals surface area contributed by atoms with E-state index in [2.05, 4.69) is 32.3 Å². The second-order valence-electron chi connectivity index (χ2n) is 5.00. The quantitative estimate of drug-likeness (QED) is 0.887. The van der Waals surface area contributed by atoms with Gasteiger partial charge in [-0.3, -0.25) is 0 Å². The second kappa shape index (κ2) is 5.65. The third-order valence-corrected chi connectivity index (χ3v) is 3.69. The molecule has 0 aliphatic carbocycles. The Labute approximate surface area is 123 Å². The van der Waals surface area contributed by atoms with Crippen molar-refractivity contribution in [3.05, 3.63) is 18.5 Å². The Balaban J connectivity index is 1.96. The van der Waals surface area contributed by atoms with Crippen LogP contribution in [0.5, 0.6) is 0 Å². The van der Waals surface area contributed by atoms with Gasteiger partial charge in [-0.2, -0.15) is 20.1 Å². The summed E-state index contributed by atoms with van der Waals surface area (Å²) in [5.74, 6) is 1.62. The van der Waals surface area contributed by atoms with E-state index in [-0.39, 0.29) is 12.1 Å². The number of ether oxygens (including phenoxy) is 1. The maximum Gasteiger partial charge on any atom is 0.257 e. The summed E-state index contributed by atoms with van der Waals surface area (Å²) in [5.41, 5.74) is 0. The predicted octanol–water partition coefficient (Wildman–Crippen LogP) is 0.713. The van der Waals surface area contributed by atoms with Crippen LogP contribution >= 0.6 is 0 Å². The fourth-order valence-corrected chi connectivity index (χ4v) is 2.49. The molecule has 2 aromatic heterocycles. The van der Waals surface area contributed by atoms with E-state index in [9.17, 15) is 0 Å². The van der Waals surface area contributed by atoms with Crippen LogP contribution in [-0.2, 0) is 4.74 Å². The molecule has 2 atom stereocenters. The molecule has 0 amide bonds. The van der Waals surface area contributed by atoms with Crippen LogP contribution in [0.4, 0.5) is 11.9 Å². The Hall–Kier alpha value is -2.22. The monoisotopic (exact) mass is 289 g/mol. The molecule has 2 unspecified atom stereocenters. The molecule has 0 radical (unpaired) electrons. The van der Waals surface area contributed by atoms with Crippen LogP contribution in [0.25, 0.3) is 5.95 Å². The molecule has 8 nitrogen and oxygen atoms in total. The number of likely N-dealkylation sites (N-methyl/N-ethyl adjacent to an activating group) is 1. The average molecular weight is 289 g/mol. The fraction of sp³-hybridized carbons (Fsp3) is 0.538. The van der Waals surface area contributed by atoms with E-state index in [1.807, 2.05) is 18.0 Å². The molecule has 1 saturated heterocycles.